The van der Waals surface area contributed by atoms with Gasteiger partial charge in [-0.25, -0.2) is 0 Å². The highest BCUT2D eigenvalue weighted by Crippen LogP contribution is 2.12. The van der Waals surface area contributed by atoms with Crippen LogP contribution in [0.25, 0.3) is 0 Å². The van der Waals surface area contributed by atoms with Gasteiger partial charge in [0.05, 0.1) is 6.10 Å². The summed E-state index contributed by atoms with van der Waals surface area (Å²) in [5, 5.41) is -0.449. The average molecular weight is 147 g/mol. The average Bonchev–Trinajstić information content (AvgIpc) is 2.14. The van der Waals surface area contributed by atoms with E-state index in [1.165, 1.54) is 0 Å². The van der Waals surface area contributed by atoms with Crippen molar-refractivity contribution in [3.8, 4) is 0 Å². The van der Waals surface area contributed by atoms with Gasteiger partial charge in [-0.15, -0.1) is 0 Å². The molecule has 1 heterocycles. The second-order valence-electron chi connectivity index (χ2n) is 1.95. The summed E-state index contributed by atoms with van der Waals surface area (Å²) >= 11 is 5.13. The van der Waals surface area contributed by atoms with E-state index in [1.807, 2.05) is 13.0 Å². The quantitative estimate of drug-likeness (QED) is 0.409. The molecule has 1 aliphatic rings. The molecule has 0 aromatic carbocycles. The van der Waals surface area contributed by atoms with Crippen molar-refractivity contribution in [2.45, 2.75) is 19.1 Å². The van der Waals surface area contributed by atoms with Crippen LogP contribution in [0.3, 0.4) is 0 Å². The Morgan fingerprint density at radius 2 is 2.33 bits per heavy atom. The first-order valence-electron chi connectivity index (χ1n) is 2.73. The molecule has 0 radical (unpaired) electrons. The SMILES string of the molecule is C[C@H]1C=C[C@@H](C(=O)Cl)O1. The van der Waals surface area contributed by atoms with Crippen LogP contribution in [0, 0.1) is 0 Å². The van der Waals surface area contributed by atoms with Gasteiger partial charge in [0.15, 0.2) is 6.10 Å². The van der Waals surface area contributed by atoms with Crippen LogP contribution in [0.5, 0.6) is 0 Å². The molecule has 1 rings (SSSR count). The fourth-order valence-corrected chi connectivity index (χ4v) is 0.833. The summed E-state index contributed by atoms with van der Waals surface area (Å²) in [7, 11) is 0. The maximum Gasteiger partial charge on any atom is 0.254 e. The van der Waals surface area contributed by atoms with E-state index in [-0.39, 0.29) is 6.10 Å². The van der Waals surface area contributed by atoms with Crippen LogP contribution in [-0.2, 0) is 9.53 Å². The van der Waals surface area contributed by atoms with Crippen molar-refractivity contribution >= 4 is 16.8 Å². The van der Waals surface area contributed by atoms with E-state index in [0.29, 0.717) is 0 Å². The molecule has 1 aliphatic heterocycles. The molecule has 0 fully saturated rings. The van der Waals surface area contributed by atoms with Gasteiger partial charge in [-0.3, -0.25) is 4.79 Å². The number of ether oxygens (including phenoxy) is 1. The van der Waals surface area contributed by atoms with Crippen LogP contribution >= 0.6 is 11.6 Å². The lowest BCUT2D eigenvalue weighted by Gasteiger charge is -2.03. The molecule has 0 saturated carbocycles. The molecule has 0 aromatic rings. The highest BCUT2D eigenvalue weighted by atomic mass is 35.5. The Morgan fingerprint density at radius 1 is 1.67 bits per heavy atom. The third-order valence-corrected chi connectivity index (χ3v) is 1.36. The number of rotatable bonds is 1. The van der Waals surface area contributed by atoms with Gasteiger partial charge >= 0.3 is 0 Å². The molecule has 0 amide bonds. The molecule has 2 nitrogen and oxygen atoms in total. The number of halogens is 1. The Morgan fingerprint density at radius 3 is 2.56 bits per heavy atom. The van der Waals surface area contributed by atoms with Crippen LogP contribution in [0.15, 0.2) is 12.2 Å². The normalized spacial score (nSPS) is 33.1. The summed E-state index contributed by atoms with van der Waals surface area (Å²) in [6, 6.07) is 0. The molecule has 0 unspecified atom stereocenters. The standard InChI is InChI=1S/C6H7ClO2/c1-4-2-3-5(9-4)6(7)8/h2-5H,1H3/t4-,5-/m0/s1. The van der Waals surface area contributed by atoms with E-state index in [9.17, 15) is 4.79 Å². The lowest BCUT2D eigenvalue weighted by atomic mass is 10.3. The molecule has 3 heteroatoms. The van der Waals surface area contributed by atoms with E-state index in [0.717, 1.165) is 0 Å². The lowest BCUT2D eigenvalue weighted by molar-refractivity contribution is -0.119. The van der Waals surface area contributed by atoms with Crippen molar-refractivity contribution < 1.29 is 9.53 Å². The topological polar surface area (TPSA) is 26.3 Å². The zero-order valence-corrected chi connectivity index (χ0v) is 5.76. The third-order valence-electron chi connectivity index (χ3n) is 1.14. The van der Waals surface area contributed by atoms with Gasteiger partial charge in [0.25, 0.3) is 5.24 Å². The van der Waals surface area contributed by atoms with Crippen molar-refractivity contribution in [2.75, 3.05) is 0 Å². The maximum absolute atomic E-state index is 10.4. The highest BCUT2D eigenvalue weighted by molar-refractivity contribution is 6.64. The summed E-state index contributed by atoms with van der Waals surface area (Å²) in [5.41, 5.74) is 0. The van der Waals surface area contributed by atoms with Gasteiger partial charge in [-0.05, 0) is 24.6 Å². The van der Waals surface area contributed by atoms with E-state index in [2.05, 4.69) is 0 Å². The molecule has 9 heavy (non-hydrogen) atoms. The van der Waals surface area contributed by atoms with E-state index < -0.39 is 11.3 Å². The van der Waals surface area contributed by atoms with E-state index in [1.54, 1.807) is 6.08 Å². The van der Waals surface area contributed by atoms with Crippen molar-refractivity contribution in [1.29, 1.82) is 0 Å². The summed E-state index contributed by atoms with van der Waals surface area (Å²) in [5.74, 6) is 0. The minimum atomic E-state index is -0.512. The van der Waals surface area contributed by atoms with Gasteiger partial charge in [0.1, 0.15) is 0 Å². The summed E-state index contributed by atoms with van der Waals surface area (Å²) in [4.78, 5) is 10.4. The van der Waals surface area contributed by atoms with Crippen LogP contribution in [0.1, 0.15) is 6.92 Å². The van der Waals surface area contributed by atoms with Crippen LogP contribution in [0.4, 0.5) is 0 Å². The predicted octanol–water partition coefficient (Wildman–Crippen LogP) is 1.10. The number of carbonyl (C=O) groups is 1. The Labute approximate surface area is 58.4 Å². The molecule has 0 spiro atoms. The van der Waals surface area contributed by atoms with Gasteiger partial charge in [-0.1, -0.05) is 6.08 Å². The first-order chi connectivity index (χ1) is 4.20. The molecule has 50 valence electrons. The fraction of sp³-hybridized carbons (Fsp3) is 0.500. The van der Waals surface area contributed by atoms with E-state index >= 15 is 0 Å². The van der Waals surface area contributed by atoms with Crippen LogP contribution in [0.2, 0.25) is 0 Å². The van der Waals surface area contributed by atoms with Crippen LogP contribution < -0.4 is 0 Å². The predicted molar refractivity (Wildman–Crippen MR) is 34.3 cm³/mol. The van der Waals surface area contributed by atoms with E-state index in [4.69, 9.17) is 16.3 Å². The molecule has 2 atom stereocenters. The highest BCUT2D eigenvalue weighted by Gasteiger charge is 2.20. The Balaban J connectivity index is 2.50. The monoisotopic (exact) mass is 146 g/mol. The lowest BCUT2D eigenvalue weighted by Crippen LogP contribution is -2.15. The summed E-state index contributed by atoms with van der Waals surface area (Å²) in [6.07, 6.45) is 2.99. The van der Waals surface area contributed by atoms with Gasteiger partial charge in [0.2, 0.25) is 0 Å². The zero-order valence-electron chi connectivity index (χ0n) is 5.00. The summed E-state index contributed by atoms with van der Waals surface area (Å²) in [6.45, 7) is 1.86. The number of carbonyl (C=O) groups excluding carboxylic acids is 1. The van der Waals surface area contributed by atoms with Gasteiger partial charge in [-0.2, -0.15) is 0 Å². The van der Waals surface area contributed by atoms with Crippen molar-refractivity contribution in [3.63, 3.8) is 0 Å². The van der Waals surface area contributed by atoms with Gasteiger partial charge < -0.3 is 4.74 Å². The third kappa shape index (κ3) is 1.53. The Bertz CT molecular complexity index is 153. The largest absolute Gasteiger partial charge is 0.358 e. The molecule has 0 saturated heterocycles. The molecule has 0 bridgehead atoms. The molecular weight excluding hydrogens is 140 g/mol. The second-order valence-corrected chi connectivity index (χ2v) is 2.32. The zero-order chi connectivity index (χ0) is 6.85. The first-order valence-corrected chi connectivity index (χ1v) is 3.11. The van der Waals surface area contributed by atoms with Crippen molar-refractivity contribution in [3.05, 3.63) is 12.2 Å². The molecular formula is C6H7ClO2. The van der Waals surface area contributed by atoms with Gasteiger partial charge in [0, 0.05) is 0 Å². The second kappa shape index (κ2) is 2.50. The molecule has 0 aromatic heterocycles. The minimum absolute atomic E-state index is 0.0256. The minimum Gasteiger partial charge on any atom is -0.358 e. The molecule has 0 aliphatic carbocycles. The Hall–Kier alpha value is -0.340. The number of hydrogen-bond donors (Lipinski definition) is 0. The summed E-state index contributed by atoms with van der Waals surface area (Å²) < 4.78 is 5.03. The first kappa shape index (κ1) is 6.78. The number of hydrogen-bond acceptors (Lipinski definition) is 2. The smallest absolute Gasteiger partial charge is 0.254 e. The molecule has 0 N–H and O–H groups in total. The maximum atomic E-state index is 10.4. The fourth-order valence-electron chi connectivity index (χ4n) is 0.709. The van der Waals surface area contributed by atoms with Crippen LogP contribution in [-0.4, -0.2) is 17.5 Å². The van der Waals surface area contributed by atoms with Crippen molar-refractivity contribution in [1.82, 2.24) is 0 Å². The Kier molecular flexibility index (Phi) is 1.88. The van der Waals surface area contributed by atoms with Crippen molar-refractivity contribution in [2.24, 2.45) is 0 Å².